The molecule has 0 amide bonds. The standard InChI is InChI=1S/C12H20N4S.HI/c1-2-10-7-14-11(17-10)8-15-12(13)16-9-5-3-4-6-9;/h7,9H,2-6,8H2,1H3,(H3,13,15,16);1H. The van der Waals surface area contributed by atoms with E-state index in [0.717, 1.165) is 11.4 Å². The minimum Gasteiger partial charge on any atom is -0.370 e. The number of hydrogen-bond acceptors (Lipinski definition) is 3. The van der Waals surface area contributed by atoms with Crippen LogP contribution in [0.2, 0.25) is 0 Å². The van der Waals surface area contributed by atoms with Crippen molar-refractivity contribution in [2.45, 2.75) is 51.6 Å². The van der Waals surface area contributed by atoms with E-state index < -0.39 is 0 Å². The van der Waals surface area contributed by atoms with Crippen LogP contribution in [-0.2, 0) is 13.0 Å². The Bertz CT molecular complexity index is 385. The summed E-state index contributed by atoms with van der Waals surface area (Å²) in [4.78, 5) is 9.96. The van der Waals surface area contributed by atoms with E-state index in [4.69, 9.17) is 5.73 Å². The van der Waals surface area contributed by atoms with Gasteiger partial charge in [0.25, 0.3) is 0 Å². The maximum absolute atomic E-state index is 5.86. The second-order valence-electron chi connectivity index (χ2n) is 4.40. The largest absolute Gasteiger partial charge is 0.370 e. The Morgan fingerprint density at radius 3 is 2.89 bits per heavy atom. The van der Waals surface area contributed by atoms with Gasteiger partial charge in [0.2, 0.25) is 0 Å². The highest BCUT2D eigenvalue weighted by Gasteiger charge is 2.14. The molecule has 18 heavy (non-hydrogen) atoms. The van der Waals surface area contributed by atoms with Crippen LogP contribution in [0.1, 0.15) is 42.5 Å². The molecule has 1 aromatic rings. The number of guanidine groups is 1. The van der Waals surface area contributed by atoms with Crippen molar-refractivity contribution in [3.8, 4) is 0 Å². The lowest BCUT2D eigenvalue weighted by Gasteiger charge is -2.11. The lowest BCUT2D eigenvalue weighted by molar-refractivity contribution is 0.625. The fraction of sp³-hybridized carbons (Fsp3) is 0.667. The molecular formula is C12H21IN4S. The zero-order valence-corrected chi connectivity index (χ0v) is 13.8. The first-order valence-corrected chi connectivity index (χ1v) is 7.09. The topological polar surface area (TPSA) is 63.3 Å². The first kappa shape index (κ1) is 15.7. The highest BCUT2D eigenvalue weighted by atomic mass is 127. The normalized spacial score (nSPS) is 16.6. The van der Waals surface area contributed by atoms with Gasteiger partial charge in [0.1, 0.15) is 5.01 Å². The molecule has 3 N–H and O–H groups in total. The molecule has 0 atom stereocenters. The van der Waals surface area contributed by atoms with Crippen LogP contribution in [0.5, 0.6) is 0 Å². The van der Waals surface area contributed by atoms with Gasteiger partial charge in [-0.3, -0.25) is 0 Å². The number of halogens is 1. The Kier molecular flexibility index (Phi) is 6.91. The highest BCUT2D eigenvalue weighted by molar-refractivity contribution is 14.0. The van der Waals surface area contributed by atoms with Crippen molar-refractivity contribution < 1.29 is 0 Å². The third kappa shape index (κ3) is 4.72. The molecule has 1 saturated carbocycles. The van der Waals surface area contributed by atoms with Gasteiger partial charge in [0.15, 0.2) is 5.96 Å². The minimum absolute atomic E-state index is 0. The third-order valence-electron chi connectivity index (χ3n) is 3.04. The van der Waals surface area contributed by atoms with E-state index >= 15 is 0 Å². The van der Waals surface area contributed by atoms with Crippen molar-refractivity contribution in [2.24, 2.45) is 10.7 Å². The van der Waals surface area contributed by atoms with E-state index in [2.05, 4.69) is 22.2 Å². The number of nitrogens with zero attached hydrogens (tertiary/aromatic N) is 2. The molecule has 1 aliphatic rings. The quantitative estimate of drug-likeness (QED) is 0.480. The number of nitrogens with two attached hydrogens (primary N) is 1. The number of rotatable bonds is 4. The van der Waals surface area contributed by atoms with E-state index in [1.807, 2.05) is 6.20 Å². The molecule has 102 valence electrons. The Labute approximate surface area is 129 Å². The predicted molar refractivity (Wildman–Crippen MR) is 87.6 cm³/mol. The number of thiazole rings is 1. The number of hydrogen-bond donors (Lipinski definition) is 2. The Morgan fingerprint density at radius 2 is 2.28 bits per heavy atom. The number of aliphatic imine (C=N–C) groups is 1. The average molecular weight is 380 g/mol. The molecule has 1 aliphatic carbocycles. The van der Waals surface area contributed by atoms with Gasteiger partial charge >= 0.3 is 0 Å². The molecule has 0 aliphatic heterocycles. The molecule has 1 heterocycles. The Balaban J connectivity index is 0.00000162. The van der Waals surface area contributed by atoms with Crippen LogP contribution in [0, 0.1) is 0 Å². The lowest BCUT2D eigenvalue weighted by Crippen LogP contribution is -2.38. The summed E-state index contributed by atoms with van der Waals surface area (Å²) in [6, 6.07) is 0.529. The second-order valence-corrected chi connectivity index (χ2v) is 5.60. The molecule has 0 bridgehead atoms. The summed E-state index contributed by atoms with van der Waals surface area (Å²) < 4.78 is 0. The van der Waals surface area contributed by atoms with E-state index in [9.17, 15) is 0 Å². The van der Waals surface area contributed by atoms with Gasteiger partial charge in [-0.05, 0) is 19.3 Å². The summed E-state index contributed by atoms with van der Waals surface area (Å²) in [5.41, 5.74) is 5.86. The molecule has 2 rings (SSSR count). The van der Waals surface area contributed by atoms with Crippen LogP contribution in [0.4, 0.5) is 0 Å². The minimum atomic E-state index is 0. The van der Waals surface area contributed by atoms with Gasteiger partial charge in [-0.2, -0.15) is 0 Å². The number of aromatic nitrogens is 1. The smallest absolute Gasteiger partial charge is 0.189 e. The fourth-order valence-corrected chi connectivity index (χ4v) is 2.85. The van der Waals surface area contributed by atoms with Crippen LogP contribution in [0.15, 0.2) is 11.2 Å². The predicted octanol–water partition coefficient (Wildman–Crippen LogP) is 2.67. The molecule has 6 heteroatoms. The summed E-state index contributed by atoms with van der Waals surface area (Å²) in [7, 11) is 0. The molecular weight excluding hydrogens is 359 g/mol. The monoisotopic (exact) mass is 380 g/mol. The van der Waals surface area contributed by atoms with Gasteiger partial charge in [0.05, 0.1) is 6.54 Å². The van der Waals surface area contributed by atoms with Crippen LogP contribution in [-0.4, -0.2) is 17.0 Å². The number of aryl methyl sites for hydroxylation is 1. The first-order chi connectivity index (χ1) is 8.28. The molecule has 0 spiro atoms. The molecule has 1 fully saturated rings. The summed E-state index contributed by atoms with van der Waals surface area (Å²) in [6.45, 7) is 2.73. The maximum atomic E-state index is 5.86. The molecule has 0 radical (unpaired) electrons. The van der Waals surface area contributed by atoms with Crippen molar-refractivity contribution >= 4 is 41.3 Å². The van der Waals surface area contributed by atoms with Gasteiger partial charge in [-0.25, -0.2) is 9.98 Å². The van der Waals surface area contributed by atoms with E-state index in [0.29, 0.717) is 18.5 Å². The van der Waals surface area contributed by atoms with Gasteiger partial charge in [0, 0.05) is 17.1 Å². The van der Waals surface area contributed by atoms with Gasteiger partial charge < -0.3 is 11.1 Å². The third-order valence-corrected chi connectivity index (χ3v) is 4.17. The first-order valence-electron chi connectivity index (χ1n) is 6.28. The number of nitrogens with one attached hydrogen (secondary N) is 1. The maximum Gasteiger partial charge on any atom is 0.189 e. The molecule has 0 unspecified atom stereocenters. The van der Waals surface area contributed by atoms with Crippen LogP contribution < -0.4 is 11.1 Å². The fourth-order valence-electron chi connectivity index (χ4n) is 2.06. The summed E-state index contributed by atoms with van der Waals surface area (Å²) in [6.07, 6.45) is 8.00. The van der Waals surface area contributed by atoms with Crippen molar-refractivity contribution in [3.63, 3.8) is 0 Å². The lowest BCUT2D eigenvalue weighted by atomic mass is 10.2. The zero-order valence-electron chi connectivity index (χ0n) is 10.7. The Morgan fingerprint density at radius 1 is 1.56 bits per heavy atom. The summed E-state index contributed by atoms with van der Waals surface area (Å²) in [5.74, 6) is 0.560. The van der Waals surface area contributed by atoms with Crippen LogP contribution in [0.3, 0.4) is 0 Å². The molecule has 4 nitrogen and oxygen atoms in total. The van der Waals surface area contributed by atoms with Gasteiger partial charge in [-0.1, -0.05) is 19.8 Å². The zero-order chi connectivity index (χ0) is 12.1. The Hall–Kier alpha value is -0.370. The van der Waals surface area contributed by atoms with Crippen molar-refractivity contribution in [3.05, 3.63) is 16.1 Å². The highest BCUT2D eigenvalue weighted by Crippen LogP contribution is 2.17. The van der Waals surface area contributed by atoms with E-state index in [1.54, 1.807) is 11.3 Å². The van der Waals surface area contributed by atoms with E-state index in [-0.39, 0.29) is 24.0 Å². The SMILES string of the molecule is CCc1cnc(CN=C(N)NC2CCCC2)s1.I. The molecule has 1 aromatic heterocycles. The summed E-state index contributed by atoms with van der Waals surface area (Å²) in [5, 5.41) is 4.31. The van der Waals surface area contributed by atoms with Crippen molar-refractivity contribution in [1.29, 1.82) is 0 Å². The molecule has 0 aromatic carbocycles. The van der Waals surface area contributed by atoms with Crippen molar-refractivity contribution in [1.82, 2.24) is 10.3 Å². The van der Waals surface area contributed by atoms with Crippen LogP contribution >= 0.6 is 35.3 Å². The summed E-state index contributed by atoms with van der Waals surface area (Å²) >= 11 is 1.72. The molecule has 0 saturated heterocycles. The van der Waals surface area contributed by atoms with Crippen molar-refractivity contribution in [2.75, 3.05) is 0 Å². The second kappa shape index (κ2) is 7.93. The van der Waals surface area contributed by atoms with E-state index in [1.165, 1.54) is 30.6 Å². The van der Waals surface area contributed by atoms with Gasteiger partial charge in [-0.15, -0.1) is 35.3 Å². The van der Waals surface area contributed by atoms with Crippen LogP contribution in [0.25, 0.3) is 0 Å². The average Bonchev–Trinajstić information content (AvgIpc) is 2.96.